The van der Waals surface area contributed by atoms with E-state index in [0.29, 0.717) is 11.4 Å². The normalized spacial score (nSPS) is 11.0. The van der Waals surface area contributed by atoms with Crippen LogP contribution in [0.5, 0.6) is 5.75 Å². The molecular weight excluding hydrogens is 373 g/mol. The van der Waals surface area contributed by atoms with Crippen molar-refractivity contribution in [2.45, 2.75) is 26.6 Å². The van der Waals surface area contributed by atoms with E-state index in [-0.39, 0.29) is 36.8 Å². The van der Waals surface area contributed by atoms with Gasteiger partial charge in [0.25, 0.3) is 5.91 Å². The minimum atomic E-state index is -4.52. The molecule has 26 heavy (non-hydrogen) atoms. The third-order valence-corrected chi connectivity index (χ3v) is 3.63. The number of hydrogen-bond acceptors (Lipinski definition) is 4. The molecule has 144 valence electrons. The zero-order valence-electron chi connectivity index (χ0n) is 14.5. The predicted octanol–water partition coefficient (Wildman–Crippen LogP) is 2.95. The summed E-state index contributed by atoms with van der Waals surface area (Å²) in [7, 11) is 1.74. The Hall–Kier alpha value is -2.26. The number of amides is 1. The fourth-order valence-electron chi connectivity index (χ4n) is 2.34. The van der Waals surface area contributed by atoms with Crippen molar-refractivity contribution in [2.24, 2.45) is 12.8 Å². The van der Waals surface area contributed by atoms with Crippen molar-refractivity contribution >= 4 is 24.0 Å². The first-order valence-corrected chi connectivity index (χ1v) is 7.46. The zero-order chi connectivity index (χ0) is 18.8. The van der Waals surface area contributed by atoms with Crippen LogP contribution in [0.25, 0.3) is 0 Å². The molecule has 0 spiro atoms. The SMILES string of the molecule is Cc1nn(C)c(C)c1OCC(=O)Nc1cc(CN)cc(C(F)(F)F)c1.Cl. The van der Waals surface area contributed by atoms with Crippen molar-refractivity contribution in [2.75, 3.05) is 11.9 Å². The lowest BCUT2D eigenvalue weighted by molar-refractivity contribution is -0.137. The Balaban J connectivity index is 0.00000338. The molecule has 0 unspecified atom stereocenters. The van der Waals surface area contributed by atoms with Gasteiger partial charge >= 0.3 is 6.18 Å². The Morgan fingerprint density at radius 2 is 1.96 bits per heavy atom. The van der Waals surface area contributed by atoms with Crippen LogP contribution in [0.4, 0.5) is 18.9 Å². The number of nitrogens with two attached hydrogens (primary N) is 1. The molecular formula is C16H20ClF3N4O2. The molecule has 0 aliphatic carbocycles. The number of hydrogen-bond donors (Lipinski definition) is 2. The summed E-state index contributed by atoms with van der Waals surface area (Å²) in [5.74, 6) is -0.103. The standard InChI is InChI=1S/C16H19F3N4O2.ClH/c1-9-15(10(2)23(3)22-9)25-8-14(24)21-13-5-11(7-20)4-12(6-13)16(17,18)19;/h4-6H,7-8,20H2,1-3H3,(H,21,24);1H. The lowest BCUT2D eigenvalue weighted by Gasteiger charge is -2.13. The third kappa shape index (κ3) is 5.12. The van der Waals surface area contributed by atoms with Crippen molar-refractivity contribution in [3.63, 3.8) is 0 Å². The summed E-state index contributed by atoms with van der Waals surface area (Å²) >= 11 is 0. The van der Waals surface area contributed by atoms with Gasteiger partial charge < -0.3 is 15.8 Å². The number of halogens is 4. The number of aryl methyl sites for hydroxylation is 2. The molecule has 0 saturated heterocycles. The maximum atomic E-state index is 12.9. The van der Waals surface area contributed by atoms with E-state index < -0.39 is 17.6 Å². The number of nitrogens with zero attached hydrogens (tertiary/aromatic N) is 2. The lowest BCUT2D eigenvalue weighted by Crippen LogP contribution is -2.21. The van der Waals surface area contributed by atoms with Gasteiger partial charge in [-0.2, -0.15) is 18.3 Å². The molecule has 0 saturated carbocycles. The Labute approximate surface area is 154 Å². The third-order valence-electron chi connectivity index (χ3n) is 3.63. The average Bonchev–Trinajstić information content (AvgIpc) is 2.76. The minimum absolute atomic E-state index is 0. The van der Waals surface area contributed by atoms with Crippen LogP contribution in [-0.4, -0.2) is 22.3 Å². The summed E-state index contributed by atoms with van der Waals surface area (Å²) in [6.45, 7) is 3.10. The number of benzene rings is 1. The minimum Gasteiger partial charge on any atom is -0.480 e. The van der Waals surface area contributed by atoms with Crippen LogP contribution in [0.2, 0.25) is 0 Å². The van der Waals surface area contributed by atoms with E-state index in [9.17, 15) is 18.0 Å². The van der Waals surface area contributed by atoms with Crippen LogP contribution in [0, 0.1) is 13.8 Å². The number of nitrogens with one attached hydrogen (secondary N) is 1. The molecule has 0 atom stereocenters. The van der Waals surface area contributed by atoms with Crippen molar-refractivity contribution < 1.29 is 22.7 Å². The van der Waals surface area contributed by atoms with Crippen molar-refractivity contribution in [3.05, 3.63) is 40.7 Å². The maximum Gasteiger partial charge on any atom is 0.416 e. The van der Waals surface area contributed by atoms with Crippen LogP contribution in [0.1, 0.15) is 22.5 Å². The monoisotopic (exact) mass is 392 g/mol. The predicted molar refractivity (Wildman–Crippen MR) is 93.4 cm³/mol. The summed E-state index contributed by atoms with van der Waals surface area (Å²) < 4.78 is 45.7. The van der Waals surface area contributed by atoms with E-state index in [1.165, 1.54) is 6.07 Å². The number of carbonyl (C=O) groups is 1. The first-order chi connectivity index (χ1) is 11.6. The van der Waals surface area contributed by atoms with Crippen LogP contribution < -0.4 is 15.8 Å². The summed E-state index contributed by atoms with van der Waals surface area (Å²) in [5, 5.41) is 6.55. The summed E-state index contributed by atoms with van der Waals surface area (Å²) in [6.07, 6.45) is -4.52. The molecule has 0 aliphatic rings. The molecule has 2 rings (SSSR count). The molecule has 0 bridgehead atoms. The molecule has 2 aromatic rings. The smallest absolute Gasteiger partial charge is 0.416 e. The van der Waals surface area contributed by atoms with Crippen LogP contribution in [0.15, 0.2) is 18.2 Å². The van der Waals surface area contributed by atoms with Gasteiger partial charge in [0.05, 0.1) is 11.3 Å². The van der Waals surface area contributed by atoms with E-state index in [1.54, 1.807) is 25.6 Å². The van der Waals surface area contributed by atoms with Crippen LogP contribution in [-0.2, 0) is 24.6 Å². The number of alkyl halides is 3. The zero-order valence-corrected chi connectivity index (χ0v) is 15.3. The fraction of sp³-hybridized carbons (Fsp3) is 0.375. The number of rotatable bonds is 5. The number of ether oxygens (including phenoxy) is 1. The topological polar surface area (TPSA) is 82.2 Å². The number of carbonyl (C=O) groups excluding carboxylic acids is 1. The molecule has 0 aliphatic heterocycles. The Morgan fingerprint density at radius 3 is 2.46 bits per heavy atom. The summed E-state index contributed by atoms with van der Waals surface area (Å²) in [6, 6.07) is 3.21. The van der Waals surface area contributed by atoms with Gasteiger partial charge in [-0.05, 0) is 37.6 Å². The van der Waals surface area contributed by atoms with Crippen molar-refractivity contribution in [1.29, 1.82) is 0 Å². The van der Waals surface area contributed by atoms with Crippen LogP contribution in [0.3, 0.4) is 0 Å². The second-order valence-corrected chi connectivity index (χ2v) is 5.58. The van der Waals surface area contributed by atoms with E-state index >= 15 is 0 Å². The van der Waals surface area contributed by atoms with Gasteiger partial charge in [-0.1, -0.05) is 0 Å². The highest BCUT2D eigenvalue weighted by Gasteiger charge is 2.31. The molecule has 1 heterocycles. The molecule has 0 radical (unpaired) electrons. The Kier molecular flexibility index (Phi) is 7.05. The number of aromatic nitrogens is 2. The fourth-order valence-corrected chi connectivity index (χ4v) is 2.34. The molecule has 1 aromatic carbocycles. The highest BCUT2D eigenvalue weighted by atomic mass is 35.5. The lowest BCUT2D eigenvalue weighted by atomic mass is 10.1. The summed E-state index contributed by atoms with van der Waals surface area (Å²) in [4.78, 5) is 12.0. The van der Waals surface area contributed by atoms with Gasteiger partial charge in [-0.15, -0.1) is 12.4 Å². The van der Waals surface area contributed by atoms with Gasteiger partial charge in [-0.25, -0.2) is 0 Å². The molecule has 1 amide bonds. The maximum absolute atomic E-state index is 12.9. The molecule has 1 aromatic heterocycles. The van der Waals surface area contributed by atoms with E-state index in [1.807, 2.05) is 0 Å². The van der Waals surface area contributed by atoms with Crippen molar-refractivity contribution in [1.82, 2.24) is 9.78 Å². The summed E-state index contributed by atoms with van der Waals surface area (Å²) in [5.41, 5.74) is 6.20. The van der Waals surface area contributed by atoms with Crippen LogP contribution >= 0.6 is 12.4 Å². The second-order valence-electron chi connectivity index (χ2n) is 5.58. The number of anilines is 1. The molecule has 3 N–H and O–H groups in total. The highest BCUT2D eigenvalue weighted by Crippen LogP contribution is 2.32. The van der Waals surface area contributed by atoms with Crippen molar-refractivity contribution in [3.8, 4) is 5.75 Å². The first-order valence-electron chi connectivity index (χ1n) is 7.46. The quantitative estimate of drug-likeness (QED) is 0.819. The van der Waals surface area contributed by atoms with Gasteiger partial charge in [0.2, 0.25) is 0 Å². The molecule has 0 fully saturated rings. The first kappa shape index (κ1) is 21.8. The van der Waals surface area contributed by atoms with Gasteiger partial charge in [0.1, 0.15) is 5.69 Å². The Morgan fingerprint density at radius 1 is 1.31 bits per heavy atom. The van der Waals surface area contributed by atoms with E-state index in [0.717, 1.165) is 17.8 Å². The molecule has 10 heteroatoms. The largest absolute Gasteiger partial charge is 0.480 e. The highest BCUT2D eigenvalue weighted by molar-refractivity contribution is 5.92. The van der Waals surface area contributed by atoms with E-state index in [4.69, 9.17) is 10.5 Å². The van der Waals surface area contributed by atoms with Gasteiger partial charge in [0, 0.05) is 19.3 Å². The average molecular weight is 393 g/mol. The second kappa shape index (κ2) is 8.41. The van der Waals surface area contributed by atoms with Gasteiger partial charge in [0.15, 0.2) is 12.4 Å². The Bertz CT molecular complexity index is 791. The molecule has 6 nitrogen and oxygen atoms in total. The van der Waals surface area contributed by atoms with E-state index in [2.05, 4.69) is 10.4 Å². The van der Waals surface area contributed by atoms with Gasteiger partial charge in [-0.3, -0.25) is 9.48 Å².